The summed E-state index contributed by atoms with van der Waals surface area (Å²) in [7, 11) is 0. The Morgan fingerprint density at radius 3 is 2.36 bits per heavy atom. The first-order chi connectivity index (χ1) is 10.5. The van der Waals surface area contributed by atoms with Crippen LogP contribution in [0, 0.1) is 0 Å². The summed E-state index contributed by atoms with van der Waals surface area (Å²) in [5, 5.41) is 16.9. The molecule has 1 rings (SSSR count). The van der Waals surface area contributed by atoms with E-state index in [0.29, 0.717) is 5.75 Å². The molecule has 0 aromatic heterocycles. The first-order valence-corrected chi connectivity index (χ1v) is 8.89. The van der Waals surface area contributed by atoms with Gasteiger partial charge in [-0.25, -0.2) is 0 Å². The number of hydrogen-bond donors (Lipinski definition) is 3. The zero-order valence-corrected chi connectivity index (χ0v) is 13.9. The molecule has 0 fully saturated rings. The fourth-order valence-electron chi connectivity index (χ4n) is 1.29. The smallest absolute Gasteiger partial charge is 0.322 e. The van der Waals surface area contributed by atoms with E-state index in [1.54, 1.807) is 0 Å². The number of carbonyl (C=O) groups excluding carboxylic acids is 1. The number of carbonyl (C=O) groups is 2. The quantitative estimate of drug-likeness (QED) is 0.388. The summed E-state index contributed by atoms with van der Waals surface area (Å²) in [6.07, 6.45) is 0. The molecular weight excluding hydrogens is 324 g/mol. The van der Waals surface area contributed by atoms with Crippen molar-refractivity contribution in [1.29, 1.82) is 0 Å². The maximum Gasteiger partial charge on any atom is 0.322 e. The van der Waals surface area contributed by atoms with Gasteiger partial charge in [0, 0.05) is 23.8 Å². The summed E-state index contributed by atoms with van der Waals surface area (Å²) in [6.45, 7) is 1.28. The minimum atomic E-state index is -1.59. The van der Waals surface area contributed by atoms with Crippen molar-refractivity contribution in [2.75, 3.05) is 24.6 Å². The van der Waals surface area contributed by atoms with Crippen LogP contribution >= 0.6 is 23.5 Å². The van der Waals surface area contributed by atoms with Crippen LogP contribution in [0.25, 0.3) is 0 Å². The van der Waals surface area contributed by atoms with Crippen molar-refractivity contribution in [3.05, 3.63) is 35.9 Å². The van der Waals surface area contributed by atoms with Crippen molar-refractivity contribution >= 4 is 35.5 Å². The second kappa shape index (κ2) is 13.4. The number of carboxylic acids is 2. The van der Waals surface area contributed by atoms with Gasteiger partial charge in [-0.3, -0.25) is 4.79 Å². The van der Waals surface area contributed by atoms with Crippen molar-refractivity contribution in [3.8, 4) is 0 Å². The normalized spacial score (nSPS) is 11.2. The van der Waals surface area contributed by atoms with Gasteiger partial charge in [0.15, 0.2) is 0 Å². The van der Waals surface area contributed by atoms with E-state index in [1.807, 2.05) is 11.8 Å². The van der Waals surface area contributed by atoms with Crippen LogP contribution in [0.4, 0.5) is 0 Å². The molecule has 124 valence electrons. The second-order valence-electron chi connectivity index (χ2n) is 4.09. The molecule has 0 radical (unpaired) electrons. The van der Waals surface area contributed by atoms with Crippen molar-refractivity contribution in [2.45, 2.75) is 11.0 Å². The molecule has 1 unspecified atom stereocenters. The van der Waals surface area contributed by atoms with E-state index in [-0.39, 0.29) is 6.54 Å². The van der Waals surface area contributed by atoms with E-state index >= 15 is 0 Å². The SMILES string of the molecule is NCCSC(C(=O)[O-])C(=O)O.[NH3+]CCSCc1ccccc1. The number of carboxylic acid groups (broad SMARTS) is 2. The van der Waals surface area contributed by atoms with Gasteiger partial charge in [-0.2, -0.15) is 11.8 Å². The fourth-order valence-corrected chi connectivity index (χ4v) is 2.72. The molecule has 1 aromatic carbocycles. The molecule has 0 aliphatic carbocycles. The third-order valence-electron chi connectivity index (χ3n) is 2.24. The van der Waals surface area contributed by atoms with Gasteiger partial charge in [0.1, 0.15) is 5.25 Å². The highest BCUT2D eigenvalue weighted by Crippen LogP contribution is 2.10. The van der Waals surface area contributed by atoms with Crippen molar-refractivity contribution in [1.82, 2.24) is 0 Å². The van der Waals surface area contributed by atoms with Gasteiger partial charge in [-0.15, -0.1) is 11.8 Å². The maximum atomic E-state index is 10.2. The lowest BCUT2D eigenvalue weighted by molar-refractivity contribution is -0.360. The van der Waals surface area contributed by atoms with Gasteiger partial charge in [0.05, 0.1) is 12.5 Å². The summed E-state index contributed by atoms with van der Waals surface area (Å²) in [6, 6.07) is 10.5. The van der Waals surface area contributed by atoms with Gasteiger partial charge >= 0.3 is 5.97 Å². The molecule has 8 heteroatoms. The van der Waals surface area contributed by atoms with E-state index in [4.69, 9.17) is 10.8 Å². The number of quaternary nitrogens is 1. The van der Waals surface area contributed by atoms with Crippen LogP contribution in [0.15, 0.2) is 30.3 Å². The summed E-state index contributed by atoms with van der Waals surface area (Å²) in [4.78, 5) is 20.3. The third-order valence-corrected chi connectivity index (χ3v) is 4.55. The largest absolute Gasteiger partial charge is 0.548 e. The monoisotopic (exact) mass is 346 g/mol. The average molecular weight is 346 g/mol. The fraction of sp³-hybridized carbons (Fsp3) is 0.429. The van der Waals surface area contributed by atoms with Gasteiger partial charge in [-0.05, 0) is 5.56 Å². The maximum absolute atomic E-state index is 10.2. The van der Waals surface area contributed by atoms with Crippen LogP contribution in [0.5, 0.6) is 0 Å². The first kappa shape index (κ1) is 20.8. The second-order valence-corrected chi connectivity index (χ2v) is 6.41. The predicted molar refractivity (Wildman–Crippen MR) is 88.3 cm³/mol. The van der Waals surface area contributed by atoms with E-state index < -0.39 is 17.2 Å². The number of rotatable bonds is 9. The molecular formula is C14H22N2O4S2. The van der Waals surface area contributed by atoms with Crippen LogP contribution in [0.2, 0.25) is 0 Å². The Bertz CT molecular complexity index is 418. The highest BCUT2D eigenvalue weighted by atomic mass is 32.2. The minimum Gasteiger partial charge on any atom is -0.548 e. The Morgan fingerprint density at radius 2 is 1.91 bits per heavy atom. The van der Waals surface area contributed by atoms with Gasteiger partial charge in [0.25, 0.3) is 0 Å². The molecule has 0 aliphatic heterocycles. The lowest BCUT2D eigenvalue weighted by atomic mass is 10.2. The highest BCUT2D eigenvalue weighted by molar-refractivity contribution is 8.01. The van der Waals surface area contributed by atoms with E-state index in [9.17, 15) is 14.7 Å². The van der Waals surface area contributed by atoms with Gasteiger partial charge in [-0.1, -0.05) is 30.3 Å². The Morgan fingerprint density at radius 1 is 1.27 bits per heavy atom. The van der Waals surface area contributed by atoms with E-state index in [2.05, 4.69) is 36.1 Å². The summed E-state index contributed by atoms with van der Waals surface area (Å²) < 4.78 is 0. The highest BCUT2D eigenvalue weighted by Gasteiger charge is 2.18. The number of benzene rings is 1. The Balaban J connectivity index is 0.000000401. The molecule has 0 aliphatic rings. The van der Waals surface area contributed by atoms with Crippen molar-refractivity contribution in [3.63, 3.8) is 0 Å². The van der Waals surface area contributed by atoms with E-state index in [1.165, 1.54) is 5.56 Å². The summed E-state index contributed by atoms with van der Waals surface area (Å²) in [5.41, 5.74) is 10.3. The van der Waals surface area contributed by atoms with Crippen LogP contribution in [-0.4, -0.2) is 46.9 Å². The molecule has 6 nitrogen and oxygen atoms in total. The molecule has 22 heavy (non-hydrogen) atoms. The number of hydrogen-bond acceptors (Lipinski definition) is 6. The number of nitrogens with two attached hydrogens (primary N) is 1. The Kier molecular flexibility index (Phi) is 12.7. The minimum absolute atomic E-state index is 0.252. The molecule has 0 saturated carbocycles. The zero-order valence-electron chi connectivity index (χ0n) is 12.3. The van der Waals surface area contributed by atoms with Crippen molar-refractivity contribution in [2.24, 2.45) is 5.73 Å². The zero-order chi connectivity index (χ0) is 16.8. The van der Waals surface area contributed by atoms with Crippen LogP contribution in [0.1, 0.15) is 5.56 Å². The molecule has 1 atom stereocenters. The predicted octanol–water partition coefficient (Wildman–Crippen LogP) is -0.957. The number of thioether (sulfide) groups is 2. The Hall–Kier alpha value is -1.22. The van der Waals surface area contributed by atoms with E-state index in [0.717, 1.165) is 29.8 Å². The summed E-state index contributed by atoms with van der Waals surface area (Å²) in [5.74, 6) is -0.407. The third kappa shape index (κ3) is 10.5. The molecule has 1 aromatic rings. The first-order valence-electron chi connectivity index (χ1n) is 6.69. The molecule has 0 spiro atoms. The lowest BCUT2D eigenvalue weighted by Gasteiger charge is -2.11. The molecule has 0 saturated heterocycles. The number of aliphatic carboxylic acids is 2. The van der Waals surface area contributed by atoms with Crippen molar-refractivity contribution < 1.29 is 25.5 Å². The Labute approximate surface area is 138 Å². The molecule has 0 amide bonds. The molecule has 6 N–H and O–H groups in total. The van der Waals surface area contributed by atoms with Crippen LogP contribution in [-0.2, 0) is 15.3 Å². The van der Waals surface area contributed by atoms with Gasteiger partial charge < -0.3 is 26.5 Å². The summed E-state index contributed by atoms with van der Waals surface area (Å²) >= 11 is 2.69. The lowest BCUT2D eigenvalue weighted by Crippen LogP contribution is -2.51. The average Bonchev–Trinajstić information content (AvgIpc) is 2.49. The van der Waals surface area contributed by atoms with Crippen LogP contribution in [0.3, 0.4) is 0 Å². The standard InChI is InChI=1S/C9H13NS.C5H9NO4S/c10-6-7-11-8-9-4-2-1-3-5-9;6-1-2-11-3(4(7)8)5(9)10/h1-5H,6-8,10H2;3H,1-2,6H2,(H,7,8)(H,9,10). The van der Waals surface area contributed by atoms with Crippen LogP contribution < -0.4 is 16.6 Å². The van der Waals surface area contributed by atoms with Gasteiger partial charge in [0.2, 0.25) is 0 Å². The molecule has 0 heterocycles. The molecule has 0 bridgehead atoms. The topological polar surface area (TPSA) is 131 Å².